The topological polar surface area (TPSA) is 109 Å². The molecule has 0 aliphatic heterocycles. The lowest BCUT2D eigenvalue weighted by Gasteiger charge is -2.25. The molecule has 0 aliphatic rings. The molecule has 0 aliphatic carbocycles. The summed E-state index contributed by atoms with van der Waals surface area (Å²) in [5, 5.41) is 2.44. The maximum Gasteiger partial charge on any atom is 0.408 e. The van der Waals surface area contributed by atoms with Gasteiger partial charge >= 0.3 is 12.1 Å². The summed E-state index contributed by atoms with van der Waals surface area (Å²) in [7, 11) is 1.21. The fraction of sp³-hybridized carbons (Fsp3) is 0.444. The fourth-order valence-corrected chi connectivity index (χ4v) is 3.08. The zero-order valence-corrected chi connectivity index (χ0v) is 21.2. The van der Waals surface area contributed by atoms with Crippen molar-refractivity contribution in [1.82, 2.24) is 5.32 Å². The van der Waals surface area contributed by atoms with E-state index in [1.54, 1.807) is 20.8 Å². The lowest BCUT2D eigenvalue weighted by Crippen LogP contribution is -2.47. The Labute approximate surface area is 212 Å². The highest BCUT2D eigenvalue weighted by molar-refractivity contribution is 5.81. The summed E-state index contributed by atoms with van der Waals surface area (Å²) in [6.45, 7) is 5.26. The van der Waals surface area contributed by atoms with Gasteiger partial charge in [-0.15, -0.1) is 0 Å². The van der Waals surface area contributed by atoms with Gasteiger partial charge in [-0.25, -0.2) is 9.59 Å². The molecule has 0 saturated carbocycles. The average Bonchev–Trinajstić information content (AvgIpc) is 2.86. The first kappa shape index (κ1) is 29.0. The predicted octanol–water partition coefficient (Wildman–Crippen LogP) is 3.44. The van der Waals surface area contributed by atoms with Crippen molar-refractivity contribution in [2.45, 2.75) is 57.8 Å². The molecule has 1 amide bonds. The number of aldehydes is 1. The molecule has 0 aromatic heterocycles. The number of carbonyl (C=O) groups excluding carboxylic acids is 3. The number of amides is 1. The zero-order valence-electron chi connectivity index (χ0n) is 21.2. The van der Waals surface area contributed by atoms with Crippen molar-refractivity contribution in [3.05, 3.63) is 71.8 Å². The Morgan fingerprint density at radius 3 is 1.94 bits per heavy atom. The van der Waals surface area contributed by atoms with Gasteiger partial charge in [-0.1, -0.05) is 60.7 Å². The number of methoxy groups -OCH3 is 1. The Kier molecular flexibility index (Phi) is 12.0. The van der Waals surface area contributed by atoms with Crippen LogP contribution in [0, 0.1) is 0 Å². The zero-order chi connectivity index (χ0) is 26.4. The van der Waals surface area contributed by atoms with Crippen LogP contribution < -0.4 is 5.32 Å². The molecule has 0 radical (unpaired) electrons. The Bertz CT molecular complexity index is 930. The van der Waals surface area contributed by atoms with Crippen LogP contribution in [0.2, 0.25) is 0 Å². The first-order chi connectivity index (χ1) is 17.2. The van der Waals surface area contributed by atoms with Crippen molar-refractivity contribution in [2.24, 2.45) is 0 Å². The van der Waals surface area contributed by atoms with Crippen molar-refractivity contribution in [2.75, 3.05) is 20.3 Å². The normalized spacial score (nSPS) is 13.8. The molecule has 0 fully saturated rings. The van der Waals surface area contributed by atoms with Gasteiger partial charge in [-0.05, 0) is 31.9 Å². The van der Waals surface area contributed by atoms with Gasteiger partial charge in [0.25, 0.3) is 0 Å². The molecule has 0 heterocycles. The van der Waals surface area contributed by atoms with E-state index in [0.29, 0.717) is 6.29 Å². The standard InChI is InChI=1S/C27H35NO8/c1-27(2,3)36-26(31)28-22(25(30)32-4)18-33-19-24(35-17-21-13-9-6-10-14-21)23(15-29)34-16-20-11-7-5-8-12-20/h5-15,22-24H,16-19H2,1-4H3,(H,28,31)/t22?,23-,24-/m0/s1. The van der Waals surface area contributed by atoms with Gasteiger partial charge in [0.15, 0.2) is 12.3 Å². The highest BCUT2D eigenvalue weighted by Crippen LogP contribution is 2.12. The van der Waals surface area contributed by atoms with Crippen LogP contribution in [-0.2, 0) is 46.5 Å². The van der Waals surface area contributed by atoms with Crippen LogP contribution in [0.3, 0.4) is 0 Å². The lowest BCUT2D eigenvalue weighted by atomic mass is 10.2. The molecule has 2 aromatic rings. The molecule has 0 bridgehead atoms. The van der Waals surface area contributed by atoms with E-state index < -0.39 is 35.9 Å². The minimum absolute atomic E-state index is 0.0749. The Hall–Kier alpha value is -3.27. The number of benzene rings is 2. The third-order valence-corrected chi connectivity index (χ3v) is 4.84. The lowest BCUT2D eigenvalue weighted by molar-refractivity contribution is -0.149. The van der Waals surface area contributed by atoms with Gasteiger partial charge in [0.05, 0.1) is 33.5 Å². The van der Waals surface area contributed by atoms with Gasteiger partial charge in [0.1, 0.15) is 17.8 Å². The average molecular weight is 502 g/mol. The Morgan fingerprint density at radius 1 is 0.889 bits per heavy atom. The summed E-state index contributed by atoms with van der Waals surface area (Å²) in [6.07, 6.45) is -1.82. The van der Waals surface area contributed by atoms with Crippen LogP contribution >= 0.6 is 0 Å². The molecule has 3 atom stereocenters. The second kappa shape index (κ2) is 15.0. The Balaban J connectivity index is 2.03. The van der Waals surface area contributed by atoms with Crippen molar-refractivity contribution in [1.29, 1.82) is 0 Å². The van der Waals surface area contributed by atoms with Gasteiger partial charge in [0.2, 0.25) is 0 Å². The molecule has 1 N–H and O–H groups in total. The minimum Gasteiger partial charge on any atom is -0.467 e. The molecule has 1 unspecified atom stereocenters. The van der Waals surface area contributed by atoms with Crippen molar-refractivity contribution in [3.63, 3.8) is 0 Å². The van der Waals surface area contributed by atoms with E-state index in [1.807, 2.05) is 60.7 Å². The number of ether oxygens (including phenoxy) is 5. The molecule has 196 valence electrons. The summed E-state index contributed by atoms with van der Waals surface area (Å²) in [4.78, 5) is 36.2. The van der Waals surface area contributed by atoms with Crippen molar-refractivity contribution >= 4 is 18.3 Å². The van der Waals surface area contributed by atoms with Gasteiger partial charge < -0.3 is 33.8 Å². The fourth-order valence-electron chi connectivity index (χ4n) is 3.08. The number of alkyl carbamates (subject to hydrolysis) is 1. The number of rotatable bonds is 14. The molecular formula is C27H35NO8. The summed E-state index contributed by atoms with van der Waals surface area (Å²) in [5.74, 6) is -0.699. The molecule has 0 saturated heterocycles. The molecule has 9 nitrogen and oxygen atoms in total. The van der Waals surface area contributed by atoms with E-state index in [4.69, 9.17) is 23.7 Å². The van der Waals surface area contributed by atoms with Crippen molar-refractivity contribution < 1.29 is 38.1 Å². The maximum absolute atomic E-state index is 12.2. The monoisotopic (exact) mass is 501 g/mol. The molecular weight excluding hydrogens is 466 g/mol. The largest absolute Gasteiger partial charge is 0.467 e. The van der Waals surface area contributed by atoms with Gasteiger partial charge in [-0.2, -0.15) is 0 Å². The second-order valence-electron chi connectivity index (χ2n) is 8.99. The van der Waals surface area contributed by atoms with Crippen LogP contribution in [0.4, 0.5) is 4.79 Å². The summed E-state index contributed by atoms with van der Waals surface area (Å²) >= 11 is 0. The molecule has 9 heteroatoms. The maximum atomic E-state index is 12.2. The SMILES string of the molecule is COC(=O)C(COC[C@H](OCc1ccccc1)[C@H](C=O)OCc1ccccc1)NC(=O)OC(C)(C)C. The highest BCUT2D eigenvalue weighted by atomic mass is 16.6. The van der Waals surface area contributed by atoms with E-state index in [2.05, 4.69) is 5.32 Å². The van der Waals surface area contributed by atoms with E-state index in [1.165, 1.54) is 7.11 Å². The van der Waals surface area contributed by atoms with Crippen LogP contribution in [0.25, 0.3) is 0 Å². The highest BCUT2D eigenvalue weighted by Gasteiger charge is 2.28. The number of nitrogens with one attached hydrogen (secondary N) is 1. The second-order valence-corrected chi connectivity index (χ2v) is 8.99. The quantitative estimate of drug-likeness (QED) is 0.310. The summed E-state index contributed by atoms with van der Waals surface area (Å²) in [5.41, 5.74) is 1.07. The smallest absolute Gasteiger partial charge is 0.408 e. The minimum atomic E-state index is -1.11. The van der Waals surface area contributed by atoms with E-state index in [-0.39, 0.29) is 26.4 Å². The molecule has 2 aromatic carbocycles. The summed E-state index contributed by atoms with van der Waals surface area (Å²) in [6, 6.07) is 17.8. The molecule has 0 spiro atoms. The van der Waals surface area contributed by atoms with Gasteiger partial charge in [-0.3, -0.25) is 0 Å². The first-order valence-corrected chi connectivity index (χ1v) is 11.6. The number of hydrogen-bond acceptors (Lipinski definition) is 8. The van der Waals surface area contributed by atoms with Crippen LogP contribution in [-0.4, -0.2) is 62.5 Å². The van der Waals surface area contributed by atoms with Crippen LogP contribution in [0.1, 0.15) is 31.9 Å². The van der Waals surface area contributed by atoms with E-state index in [9.17, 15) is 14.4 Å². The molecule has 2 rings (SSSR count). The predicted molar refractivity (Wildman–Crippen MR) is 132 cm³/mol. The van der Waals surface area contributed by atoms with Crippen LogP contribution in [0.5, 0.6) is 0 Å². The number of hydrogen-bond donors (Lipinski definition) is 1. The molecule has 36 heavy (non-hydrogen) atoms. The Morgan fingerprint density at radius 2 is 1.44 bits per heavy atom. The van der Waals surface area contributed by atoms with E-state index in [0.717, 1.165) is 11.1 Å². The third-order valence-electron chi connectivity index (χ3n) is 4.84. The van der Waals surface area contributed by atoms with Crippen LogP contribution in [0.15, 0.2) is 60.7 Å². The first-order valence-electron chi connectivity index (χ1n) is 11.6. The van der Waals surface area contributed by atoms with Gasteiger partial charge in [0, 0.05) is 0 Å². The summed E-state index contributed by atoms with van der Waals surface area (Å²) < 4.78 is 27.5. The van der Waals surface area contributed by atoms with Crippen molar-refractivity contribution in [3.8, 4) is 0 Å². The van der Waals surface area contributed by atoms with E-state index >= 15 is 0 Å². The number of esters is 1. The number of carbonyl (C=O) groups is 3. The third kappa shape index (κ3) is 11.0.